The molecule has 0 heterocycles. The maximum atomic E-state index is 11.6. The van der Waals surface area contributed by atoms with Crippen LogP contribution in [0.2, 0.25) is 0 Å². The predicted molar refractivity (Wildman–Crippen MR) is 125 cm³/mol. The fraction of sp³-hybridized carbons (Fsp3) is 0.680. The van der Waals surface area contributed by atoms with Crippen LogP contribution in [-0.4, -0.2) is 48.0 Å². The SMILES string of the molecule is COC(=O)COc1cc(CC(CC(N)C(O)CC(C)C(=O)O)C(C)C)ccc1C(C)(C)C. The average Bonchev–Trinajstić information content (AvgIpc) is 2.70. The van der Waals surface area contributed by atoms with Gasteiger partial charge in [0.15, 0.2) is 6.61 Å². The summed E-state index contributed by atoms with van der Waals surface area (Å²) in [6.07, 6.45) is 0.563. The Morgan fingerprint density at radius 2 is 1.75 bits per heavy atom. The van der Waals surface area contributed by atoms with Crippen LogP contribution in [-0.2, 0) is 26.2 Å². The van der Waals surface area contributed by atoms with Crippen molar-refractivity contribution in [1.29, 1.82) is 0 Å². The molecule has 4 atom stereocenters. The molecule has 32 heavy (non-hydrogen) atoms. The number of esters is 1. The van der Waals surface area contributed by atoms with E-state index in [9.17, 15) is 14.7 Å². The van der Waals surface area contributed by atoms with Gasteiger partial charge in [0.25, 0.3) is 0 Å². The van der Waals surface area contributed by atoms with Crippen LogP contribution in [0.4, 0.5) is 0 Å². The molecular weight excluding hydrogens is 410 g/mol. The van der Waals surface area contributed by atoms with Crippen LogP contribution in [0.1, 0.15) is 65.5 Å². The molecule has 0 amide bonds. The van der Waals surface area contributed by atoms with Gasteiger partial charge in [-0.2, -0.15) is 0 Å². The fourth-order valence-corrected chi connectivity index (χ4v) is 3.67. The van der Waals surface area contributed by atoms with Gasteiger partial charge in [-0.3, -0.25) is 4.79 Å². The van der Waals surface area contributed by atoms with Gasteiger partial charge in [-0.15, -0.1) is 0 Å². The van der Waals surface area contributed by atoms with E-state index >= 15 is 0 Å². The van der Waals surface area contributed by atoms with Gasteiger partial charge in [-0.1, -0.05) is 53.7 Å². The zero-order chi connectivity index (χ0) is 24.6. The molecule has 4 unspecified atom stereocenters. The predicted octanol–water partition coefficient (Wildman–Crippen LogP) is 3.54. The summed E-state index contributed by atoms with van der Waals surface area (Å²) in [5.74, 6) is -0.864. The zero-order valence-electron chi connectivity index (χ0n) is 20.6. The van der Waals surface area contributed by atoms with Crippen LogP contribution in [0, 0.1) is 17.8 Å². The molecular formula is C25H41NO6. The first-order valence-corrected chi connectivity index (χ1v) is 11.3. The Bertz CT molecular complexity index is 755. The lowest BCUT2D eigenvalue weighted by Gasteiger charge is -2.28. The van der Waals surface area contributed by atoms with Gasteiger partial charge in [0, 0.05) is 6.04 Å². The Morgan fingerprint density at radius 1 is 1.12 bits per heavy atom. The summed E-state index contributed by atoms with van der Waals surface area (Å²) in [4.78, 5) is 22.7. The van der Waals surface area contributed by atoms with E-state index < -0.39 is 30.0 Å². The van der Waals surface area contributed by atoms with E-state index in [1.54, 1.807) is 6.92 Å². The van der Waals surface area contributed by atoms with Gasteiger partial charge in [0.1, 0.15) is 5.75 Å². The number of aliphatic carboxylic acids is 1. The maximum Gasteiger partial charge on any atom is 0.343 e. The molecule has 0 aromatic heterocycles. The molecule has 0 bridgehead atoms. The summed E-state index contributed by atoms with van der Waals surface area (Å²) in [6, 6.07) is 5.55. The molecule has 182 valence electrons. The third-order valence-corrected chi connectivity index (χ3v) is 5.95. The van der Waals surface area contributed by atoms with Gasteiger partial charge in [-0.25, -0.2) is 4.79 Å². The summed E-state index contributed by atoms with van der Waals surface area (Å²) < 4.78 is 10.5. The average molecular weight is 452 g/mol. The highest BCUT2D eigenvalue weighted by atomic mass is 16.6. The van der Waals surface area contributed by atoms with E-state index in [0.29, 0.717) is 18.1 Å². The largest absolute Gasteiger partial charge is 0.482 e. The van der Waals surface area contributed by atoms with Crippen molar-refractivity contribution < 1.29 is 29.3 Å². The lowest BCUT2D eigenvalue weighted by Crippen LogP contribution is -2.39. The first kappa shape index (κ1) is 27.9. The Hall–Kier alpha value is -2.12. The molecule has 1 aromatic rings. The number of carbonyl (C=O) groups is 2. The lowest BCUT2D eigenvalue weighted by atomic mass is 9.81. The summed E-state index contributed by atoms with van der Waals surface area (Å²) in [6.45, 7) is 11.9. The number of carbonyl (C=O) groups excluding carboxylic acids is 1. The van der Waals surface area contributed by atoms with E-state index in [1.807, 2.05) is 12.1 Å². The molecule has 7 nitrogen and oxygen atoms in total. The zero-order valence-corrected chi connectivity index (χ0v) is 20.6. The van der Waals surface area contributed by atoms with Crippen LogP contribution in [0.25, 0.3) is 0 Å². The second kappa shape index (κ2) is 12.2. The van der Waals surface area contributed by atoms with Crippen molar-refractivity contribution in [2.45, 2.75) is 78.4 Å². The number of aliphatic hydroxyl groups excluding tert-OH is 1. The molecule has 0 saturated heterocycles. The van der Waals surface area contributed by atoms with Crippen molar-refractivity contribution in [1.82, 2.24) is 0 Å². The Labute approximate surface area is 192 Å². The monoisotopic (exact) mass is 451 g/mol. The summed E-state index contributed by atoms with van der Waals surface area (Å²) in [7, 11) is 1.33. The molecule has 0 aliphatic heterocycles. The third-order valence-electron chi connectivity index (χ3n) is 5.95. The van der Waals surface area contributed by atoms with Crippen molar-refractivity contribution >= 4 is 11.9 Å². The highest BCUT2D eigenvalue weighted by molar-refractivity contribution is 5.71. The highest BCUT2D eigenvalue weighted by Gasteiger charge is 2.26. The van der Waals surface area contributed by atoms with Crippen LogP contribution in [0.3, 0.4) is 0 Å². The van der Waals surface area contributed by atoms with E-state index in [-0.39, 0.29) is 24.4 Å². The van der Waals surface area contributed by atoms with Crippen LogP contribution < -0.4 is 10.5 Å². The van der Waals surface area contributed by atoms with Gasteiger partial charge >= 0.3 is 11.9 Å². The lowest BCUT2D eigenvalue weighted by molar-refractivity contribution is -0.143. The molecule has 1 aromatic carbocycles. The van der Waals surface area contributed by atoms with Crippen LogP contribution in [0.5, 0.6) is 5.75 Å². The smallest absolute Gasteiger partial charge is 0.343 e. The summed E-state index contributed by atoms with van der Waals surface area (Å²) >= 11 is 0. The van der Waals surface area contributed by atoms with Crippen molar-refractivity contribution in [3.63, 3.8) is 0 Å². The van der Waals surface area contributed by atoms with Crippen molar-refractivity contribution in [3.8, 4) is 5.75 Å². The Kier molecular flexibility index (Phi) is 10.6. The quantitative estimate of drug-likeness (QED) is 0.416. The molecule has 0 fully saturated rings. The molecule has 0 aliphatic carbocycles. The second-order valence-electron chi connectivity index (χ2n) is 10.1. The van der Waals surface area contributed by atoms with Crippen molar-refractivity contribution in [3.05, 3.63) is 29.3 Å². The number of carboxylic acids is 1. The number of benzene rings is 1. The van der Waals surface area contributed by atoms with Crippen LogP contribution >= 0.6 is 0 Å². The van der Waals surface area contributed by atoms with E-state index in [2.05, 4.69) is 40.7 Å². The Morgan fingerprint density at radius 3 is 2.25 bits per heavy atom. The number of hydrogen-bond donors (Lipinski definition) is 3. The number of ether oxygens (including phenoxy) is 2. The number of carboxylic acid groups (broad SMARTS) is 1. The molecule has 0 aliphatic rings. The van der Waals surface area contributed by atoms with Gasteiger partial charge < -0.3 is 25.4 Å². The number of nitrogens with two attached hydrogens (primary N) is 1. The first-order chi connectivity index (χ1) is 14.8. The minimum atomic E-state index is -0.935. The van der Waals surface area contributed by atoms with Gasteiger partial charge in [0.2, 0.25) is 0 Å². The van der Waals surface area contributed by atoms with Gasteiger partial charge in [-0.05, 0) is 53.7 Å². The minimum absolute atomic E-state index is 0.132. The van der Waals surface area contributed by atoms with E-state index in [0.717, 1.165) is 17.5 Å². The maximum absolute atomic E-state index is 11.6. The van der Waals surface area contributed by atoms with Crippen molar-refractivity contribution in [2.24, 2.45) is 23.5 Å². The fourth-order valence-electron chi connectivity index (χ4n) is 3.67. The highest BCUT2D eigenvalue weighted by Crippen LogP contribution is 2.34. The third kappa shape index (κ3) is 8.79. The number of hydrogen-bond acceptors (Lipinski definition) is 6. The second-order valence-corrected chi connectivity index (χ2v) is 10.1. The molecule has 0 radical (unpaired) electrons. The Balaban J connectivity index is 3.01. The normalized spacial score (nSPS) is 15.7. The van der Waals surface area contributed by atoms with E-state index in [4.69, 9.17) is 20.3 Å². The molecule has 1 rings (SSSR count). The van der Waals surface area contributed by atoms with Crippen molar-refractivity contribution in [2.75, 3.05) is 13.7 Å². The molecule has 7 heteroatoms. The number of methoxy groups -OCH3 is 1. The van der Waals surface area contributed by atoms with E-state index in [1.165, 1.54) is 7.11 Å². The summed E-state index contributed by atoms with van der Waals surface area (Å²) in [5, 5.41) is 19.5. The topological polar surface area (TPSA) is 119 Å². The number of aliphatic hydroxyl groups is 1. The van der Waals surface area contributed by atoms with Crippen LogP contribution in [0.15, 0.2) is 18.2 Å². The minimum Gasteiger partial charge on any atom is -0.482 e. The molecule has 0 saturated carbocycles. The number of rotatable bonds is 12. The first-order valence-electron chi connectivity index (χ1n) is 11.3. The molecule has 0 spiro atoms. The summed E-state index contributed by atoms with van der Waals surface area (Å²) in [5.41, 5.74) is 8.14. The standard InChI is InChI=1S/C25H41NO6/c1-15(2)18(13-20(26)21(27)10-16(3)24(29)30)11-17-8-9-19(25(4,5)6)22(12-17)32-14-23(28)31-7/h8-9,12,15-16,18,20-21,27H,10-11,13-14,26H2,1-7H3,(H,29,30). The van der Waals surface area contributed by atoms with Gasteiger partial charge in [0.05, 0.1) is 19.1 Å². The molecule has 4 N–H and O–H groups in total.